The van der Waals surface area contributed by atoms with Crippen molar-refractivity contribution in [3.8, 4) is 5.88 Å². The van der Waals surface area contributed by atoms with Crippen molar-refractivity contribution in [3.63, 3.8) is 0 Å². The van der Waals surface area contributed by atoms with E-state index >= 15 is 0 Å². The van der Waals surface area contributed by atoms with Crippen LogP contribution in [-0.4, -0.2) is 22.7 Å². The second kappa shape index (κ2) is 4.18. The van der Waals surface area contributed by atoms with Crippen LogP contribution in [-0.2, 0) is 4.79 Å². The lowest BCUT2D eigenvalue weighted by molar-refractivity contribution is -0.139. The van der Waals surface area contributed by atoms with E-state index in [0.29, 0.717) is 5.88 Å². The van der Waals surface area contributed by atoms with E-state index in [2.05, 4.69) is 4.98 Å². The van der Waals surface area contributed by atoms with Crippen LogP contribution in [0.3, 0.4) is 0 Å². The molecule has 0 saturated carbocycles. The molecule has 0 aliphatic rings. The van der Waals surface area contributed by atoms with Crippen molar-refractivity contribution < 1.29 is 14.6 Å². The second-order valence-corrected chi connectivity index (χ2v) is 3.48. The summed E-state index contributed by atoms with van der Waals surface area (Å²) in [6, 6.07) is 9.41. The molecule has 4 heteroatoms. The fraction of sp³-hybridized carbons (Fsp3) is 0.167. The molecule has 0 aliphatic heterocycles. The van der Waals surface area contributed by atoms with Crippen LogP contribution in [0.4, 0.5) is 0 Å². The first-order valence-corrected chi connectivity index (χ1v) is 4.88. The maximum atomic E-state index is 10.4. The van der Waals surface area contributed by atoms with E-state index in [-0.39, 0.29) is 6.61 Å². The van der Waals surface area contributed by atoms with Crippen molar-refractivity contribution in [1.82, 2.24) is 4.98 Å². The standard InChI is InChI=1S/C12H11NO3/c1-8-6-11(16-7-12(14)15)13-10-5-3-2-4-9(8)10/h2-6H,7H2,1H3,(H,14,15). The van der Waals surface area contributed by atoms with Gasteiger partial charge in [0.15, 0.2) is 6.61 Å². The van der Waals surface area contributed by atoms with E-state index in [9.17, 15) is 4.79 Å². The lowest BCUT2D eigenvalue weighted by atomic mass is 10.1. The maximum Gasteiger partial charge on any atom is 0.341 e. The topological polar surface area (TPSA) is 59.4 Å². The fourth-order valence-electron chi connectivity index (χ4n) is 1.53. The van der Waals surface area contributed by atoms with Crippen molar-refractivity contribution in [2.45, 2.75) is 6.92 Å². The molecule has 2 rings (SSSR count). The Bertz CT molecular complexity index is 537. The maximum absolute atomic E-state index is 10.4. The van der Waals surface area contributed by atoms with Crippen LogP contribution >= 0.6 is 0 Å². The van der Waals surface area contributed by atoms with E-state index in [0.717, 1.165) is 16.5 Å². The van der Waals surface area contributed by atoms with E-state index in [1.165, 1.54) is 0 Å². The van der Waals surface area contributed by atoms with Crippen molar-refractivity contribution in [2.24, 2.45) is 0 Å². The van der Waals surface area contributed by atoms with Gasteiger partial charge in [0.05, 0.1) is 5.52 Å². The second-order valence-electron chi connectivity index (χ2n) is 3.48. The number of aliphatic carboxylic acids is 1. The molecule has 1 aromatic heterocycles. The minimum atomic E-state index is -1.01. The fourth-order valence-corrected chi connectivity index (χ4v) is 1.53. The van der Waals surface area contributed by atoms with E-state index < -0.39 is 5.97 Å². The van der Waals surface area contributed by atoms with E-state index in [1.807, 2.05) is 31.2 Å². The van der Waals surface area contributed by atoms with Gasteiger partial charge in [-0.3, -0.25) is 0 Å². The monoisotopic (exact) mass is 217 g/mol. The Balaban J connectivity index is 2.38. The minimum absolute atomic E-state index is 0.346. The quantitative estimate of drug-likeness (QED) is 0.854. The summed E-state index contributed by atoms with van der Waals surface area (Å²) in [6.07, 6.45) is 0. The van der Waals surface area contributed by atoms with Crippen LogP contribution in [0.25, 0.3) is 10.9 Å². The highest BCUT2D eigenvalue weighted by Gasteiger charge is 2.04. The average molecular weight is 217 g/mol. The van der Waals surface area contributed by atoms with E-state index in [1.54, 1.807) is 6.07 Å². The number of hydrogen-bond donors (Lipinski definition) is 1. The third-order valence-electron chi connectivity index (χ3n) is 2.24. The highest BCUT2D eigenvalue weighted by atomic mass is 16.5. The summed E-state index contributed by atoms with van der Waals surface area (Å²) in [6.45, 7) is 1.57. The number of fused-ring (bicyclic) bond motifs is 1. The first kappa shape index (κ1) is 10.4. The van der Waals surface area contributed by atoms with Crippen LogP contribution in [0.1, 0.15) is 5.56 Å². The van der Waals surface area contributed by atoms with Crippen molar-refractivity contribution >= 4 is 16.9 Å². The Morgan fingerprint density at radius 3 is 2.94 bits per heavy atom. The number of ether oxygens (including phenoxy) is 1. The van der Waals surface area contributed by atoms with Gasteiger partial charge in [-0.25, -0.2) is 9.78 Å². The lowest BCUT2D eigenvalue weighted by Crippen LogP contribution is -2.10. The molecule has 0 unspecified atom stereocenters. The van der Waals surface area contributed by atoms with Gasteiger partial charge < -0.3 is 9.84 Å². The van der Waals surface area contributed by atoms with Crippen LogP contribution in [0.15, 0.2) is 30.3 Å². The number of aryl methyl sites for hydroxylation is 1. The number of nitrogens with zero attached hydrogens (tertiary/aromatic N) is 1. The zero-order valence-corrected chi connectivity index (χ0v) is 8.80. The Hall–Kier alpha value is -2.10. The van der Waals surface area contributed by atoms with Gasteiger partial charge in [-0.15, -0.1) is 0 Å². The molecule has 16 heavy (non-hydrogen) atoms. The molecule has 1 N–H and O–H groups in total. The normalized spacial score (nSPS) is 10.3. The van der Waals surface area contributed by atoms with Gasteiger partial charge >= 0.3 is 5.97 Å². The summed E-state index contributed by atoms with van der Waals surface area (Å²) >= 11 is 0. The molecule has 1 aromatic carbocycles. The molecule has 0 radical (unpaired) electrons. The van der Waals surface area contributed by atoms with Crippen molar-refractivity contribution in [1.29, 1.82) is 0 Å². The van der Waals surface area contributed by atoms with Gasteiger partial charge in [-0.1, -0.05) is 18.2 Å². The summed E-state index contributed by atoms with van der Waals surface area (Å²) in [5.41, 5.74) is 1.83. The summed E-state index contributed by atoms with van der Waals surface area (Å²) in [4.78, 5) is 14.6. The van der Waals surface area contributed by atoms with Crippen LogP contribution in [0.5, 0.6) is 5.88 Å². The van der Waals surface area contributed by atoms with Gasteiger partial charge in [-0.2, -0.15) is 0 Å². The molecule has 0 atom stereocenters. The zero-order valence-electron chi connectivity index (χ0n) is 8.80. The van der Waals surface area contributed by atoms with E-state index in [4.69, 9.17) is 9.84 Å². The van der Waals surface area contributed by atoms with Gasteiger partial charge in [0.2, 0.25) is 5.88 Å². The SMILES string of the molecule is Cc1cc(OCC(=O)O)nc2ccccc12. The highest BCUT2D eigenvalue weighted by molar-refractivity contribution is 5.82. The molecule has 2 aromatic rings. The number of pyridine rings is 1. The highest BCUT2D eigenvalue weighted by Crippen LogP contribution is 2.20. The Labute approximate surface area is 92.5 Å². The first-order chi connectivity index (χ1) is 7.66. The number of benzene rings is 1. The molecule has 0 aliphatic carbocycles. The Morgan fingerprint density at radius 1 is 1.44 bits per heavy atom. The van der Waals surface area contributed by atoms with Gasteiger partial charge in [0, 0.05) is 11.5 Å². The van der Waals surface area contributed by atoms with Gasteiger partial charge in [0.1, 0.15) is 0 Å². The number of para-hydroxylation sites is 1. The summed E-state index contributed by atoms with van der Waals surface area (Å²) in [7, 11) is 0. The average Bonchev–Trinajstić information content (AvgIpc) is 2.26. The largest absolute Gasteiger partial charge is 0.479 e. The van der Waals surface area contributed by atoms with Crippen molar-refractivity contribution in [3.05, 3.63) is 35.9 Å². The molecular formula is C12H11NO3. The van der Waals surface area contributed by atoms with Gasteiger partial charge in [-0.05, 0) is 18.6 Å². The number of carboxylic acids is 1. The third kappa shape index (κ3) is 2.11. The molecule has 0 fully saturated rings. The third-order valence-corrected chi connectivity index (χ3v) is 2.24. The number of hydrogen-bond acceptors (Lipinski definition) is 3. The predicted octanol–water partition coefficient (Wildman–Crippen LogP) is 2.01. The number of carboxylic acid groups (broad SMARTS) is 1. The minimum Gasteiger partial charge on any atom is -0.479 e. The molecule has 4 nitrogen and oxygen atoms in total. The number of aromatic nitrogens is 1. The van der Waals surface area contributed by atoms with Gasteiger partial charge in [0.25, 0.3) is 0 Å². The molecule has 0 bridgehead atoms. The molecule has 0 saturated heterocycles. The summed E-state index contributed by atoms with van der Waals surface area (Å²) < 4.78 is 5.05. The molecule has 1 heterocycles. The molecule has 82 valence electrons. The van der Waals surface area contributed by atoms with Crippen LogP contribution < -0.4 is 4.74 Å². The first-order valence-electron chi connectivity index (χ1n) is 4.88. The number of rotatable bonds is 3. The Kier molecular flexibility index (Phi) is 2.72. The smallest absolute Gasteiger partial charge is 0.341 e. The van der Waals surface area contributed by atoms with Crippen LogP contribution in [0.2, 0.25) is 0 Å². The molecule has 0 spiro atoms. The summed E-state index contributed by atoms with van der Waals surface area (Å²) in [5, 5.41) is 9.55. The lowest BCUT2D eigenvalue weighted by Gasteiger charge is -2.06. The summed E-state index contributed by atoms with van der Waals surface area (Å²) in [5.74, 6) is -0.661. The Morgan fingerprint density at radius 2 is 2.19 bits per heavy atom. The zero-order chi connectivity index (χ0) is 11.5. The van der Waals surface area contributed by atoms with Crippen LogP contribution in [0, 0.1) is 6.92 Å². The molecule has 0 amide bonds. The number of carbonyl (C=O) groups is 1. The predicted molar refractivity (Wildman–Crippen MR) is 59.6 cm³/mol. The molecular weight excluding hydrogens is 206 g/mol. The van der Waals surface area contributed by atoms with Crippen molar-refractivity contribution in [2.75, 3.05) is 6.61 Å².